The number of ether oxygens (including phenoxy) is 1. The second-order valence-corrected chi connectivity index (χ2v) is 3.83. The van der Waals surface area contributed by atoms with Gasteiger partial charge >= 0.3 is 5.97 Å². The average molecular weight is 173 g/mol. The molecule has 0 aliphatic carbocycles. The van der Waals surface area contributed by atoms with E-state index < -0.39 is 5.54 Å². The van der Waals surface area contributed by atoms with E-state index in [2.05, 4.69) is 6.92 Å². The maximum Gasteiger partial charge on any atom is 0.325 e. The van der Waals surface area contributed by atoms with Crippen molar-refractivity contribution in [3.63, 3.8) is 0 Å². The predicted molar refractivity (Wildman–Crippen MR) is 48.7 cm³/mol. The quantitative estimate of drug-likeness (QED) is 0.652. The summed E-state index contributed by atoms with van der Waals surface area (Å²) in [6.07, 6.45) is 1.01. The summed E-state index contributed by atoms with van der Waals surface area (Å²) < 4.78 is 5.00. The molecule has 0 aliphatic rings. The van der Waals surface area contributed by atoms with E-state index in [-0.39, 0.29) is 5.97 Å². The molecule has 2 N–H and O–H groups in total. The minimum absolute atomic E-state index is 0.331. The highest BCUT2D eigenvalue weighted by molar-refractivity contribution is 5.79. The highest BCUT2D eigenvalue weighted by Crippen LogP contribution is 2.05. The van der Waals surface area contributed by atoms with Gasteiger partial charge in [0.2, 0.25) is 0 Å². The van der Waals surface area contributed by atoms with Gasteiger partial charge in [-0.2, -0.15) is 0 Å². The first-order valence-electron chi connectivity index (χ1n) is 4.34. The van der Waals surface area contributed by atoms with Gasteiger partial charge in [-0.1, -0.05) is 20.3 Å². The van der Waals surface area contributed by atoms with Crippen LogP contribution in [0.25, 0.3) is 0 Å². The summed E-state index contributed by atoms with van der Waals surface area (Å²) in [5.74, 6) is 0.0825. The standard InChI is InChI=1S/C9H19NO2/c1-5-7(2)6-12-8(11)9(3,4)10/h7H,5-6,10H2,1-4H3. The van der Waals surface area contributed by atoms with Crippen molar-refractivity contribution in [2.24, 2.45) is 11.7 Å². The first-order chi connectivity index (χ1) is 5.38. The zero-order valence-corrected chi connectivity index (χ0v) is 8.39. The summed E-state index contributed by atoms with van der Waals surface area (Å²) in [7, 11) is 0. The lowest BCUT2D eigenvalue weighted by atomic mass is 10.1. The highest BCUT2D eigenvalue weighted by atomic mass is 16.5. The monoisotopic (exact) mass is 173 g/mol. The molecule has 1 atom stereocenters. The van der Waals surface area contributed by atoms with Crippen LogP contribution in [-0.2, 0) is 9.53 Å². The van der Waals surface area contributed by atoms with Crippen LogP contribution in [0.3, 0.4) is 0 Å². The molecule has 0 aromatic heterocycles. The van der Waals surface area contributed by atoms with Gasteiger partial charge < -0.3 is 10.5 Å². The van der Waals surface area contributed by atoms with Gasteiger partial charge in [-0.15, -0.1) is 0 Å². The van der Waals surface area contributed by atoms with Crippen LogP contribution >= 0.6 is 0 Å². The molecule has 3 nitrogen and oxygen atoms in total. The second kappa shape index (κ2) is 4.45. The molecule has 0 bridgehead atoms. The lowest BCUT2D eigenvalue weighted by Gasteiger charge is -2.18. The van der Waals surface area contributed by atoms with E-state index in [0.29, 0.717) is 12.5 Å². The first-order valence-corrected chi connectivity index (χ1v) is 4.34. The normalized spacial score (nSPS) is 14.1. The largest absolute Gasteiger partial charge is 0.464 e. The van der Waals surface area contributed by atoms with Crippen molar-refractivity contribution in [3.05, 3.63) is 0 Å². The van der Waals surface area contributed by atoms with Crippen LogP contribution < -0.4 is 5.73 Å². The third kappa shape index (κ3) is 4.34. The molecular weight excluding hydrogens is 154 g/mol. The van der Waals surface area contributed by atoms with E-state index in [4.69, 9.17) is 10.5 Å². The van der Waals surface area contributed by atoms with Gasteiger partial charge in [0.05, 0.1) is 6.61 Å². The summed E-state index contributed by atoms with van der Waals surface area (Å²) >= 11 is 0. The molecule has 0 amide bonds. The van der Waals surface area contributed by atoms with Gasteiger partial charge in [0, 0.05) is 0 Å². The fourth-order valence-electron chi connectivity index (χ4n) is 0.522. The van der Waals surface area contributed by atoms with Crippen molar-refractivity contribution in [2.45, 2.75) is 39.7 Å². The molecule has 0 saturated carbocycles. The highest BCUT2D eigenvalue weighted by Gasteiger charge is 2.23. The minimum atomic E-state index is -0.868. The molecule has 0 spiro atoms. The van der Waals surface area contributed by atoms with Gasteiger partial charge in [0.15, 0.2) is 0 Å². The molecular formula is C9H19NO2. The topological polar surface area (TPSA) is 52.3 Å². The number of hydrogen-bond donors (Lipinski definition) is 1. The molecule has 72 valence electrons. The second-order valence-electron chi connectivity index (χ2n) is 3.83. The van der Waals surface area contributed by atoms with Gasteiger partial charge in [0.25, 0.3) is 0 Å². The lowest BCUT2D eigenvalue weighted by Crippen LogP contribution is -2.43. The van der Waals surface area contributed by atoms with E-state index in [0.717, 1.165) is 6.42 Å². The Morgan fingerprint density at radius 3 is 2.42 bits per heavy atom. The molecule has 0 fully saturated rings. The van der Waals surface area contributed by atoms with Crippen molar-refractivity contribution in [1.29, 1.82) is 0 Å². The lowest BCUT2D eigenvalue weighted by molar-refractivity contribution is -0.150. The molecule has 0 aromatic rings. The van der Waals surface area contributed by atoms with Crippen LogP contribution in [0.4, 0.5) is 0 Å². The predicted octanol–water partition coefficient (Wildman–Crippen LogP) is 1.31. The Morgan fingerprint density at radius 2 is 2.08 bits per heavy atom. The zero-order chi connectivity index (χ0) is 9.78. The van der Waals surface area contributed by atoms with Crippen LogP contribution in [-0.4, -0.2) is 18.1 Å². The van der Waals surface area contributed by atoms with Crippen LogP contribution in [0, 0.1) is 5.92 Å². The molecule has 0 rings (SSSR count). The van der Waals surface area contributed by atoms with Gasteiger partial charge in [-0.25, -0.2) is 0 Å². The molecule has 0 aliphatic heterocycles. The molecule has 0 heterocycles. The van der Waals surface area contributed by atoms with Gasteiger partial charge in [-0.05, 0) is 19.8 Å². The molecule has 0 saturated heterocycles. The van der Waals surface area contributed by atoms with E-state index in [1.807, 2.05) is 6.92 Å². The Kier molecular flexibility index (Phi) is 4.24. The molecule has 1 unspecified atom stereocenters. The fourth-order valence-corrected chi connectivity index (χ4v) is 0.522. The third-order valence-corrected chi connectivity index (χ3v) is 1.72. The van der Waals surface area contributed by atoms with Crippen molar-refractivity contribution in [2.75, 3.05) is 6.61 Å². The van der Waals surface area contributed by atoms with Crippen LogP contribution in [0.1, 0.15) is 34.1 Å². The summed E-state index contributed by atoms with van der Waals surface area (Å²) in [4.78, 5) is 11.1. The van der Waals surface area contributed by atoms with Crippen LogP contribution in [0.2, 0.25) is 0 Å². The third-order valence-electron chi connectivity index (χ3n) is 1.72. The molecule has 3 heteroatoms. The number of carbonyl (C=O) groups excluding carboxylic acids is 1. The fraction of sp³-hybridized carbons (Fsp3) is 0.889. The minimum Gasteiger partial charge on any atom is -0.464 e. The maximum atomic E-state index is 11.1. The Morgan fingerprint density at radius 1 is 1.58 bits per heavy atom. The smallest absolute Gasteiger partial charge is 0.325 e. The maximum absolute atomic E-state index is 11.1. The summed E-state index contributed by atoms with van der Waals surface area (Å²) in [5.41, 5.74) is 4.66. The number of nitrogens with two attached hydrogens (primary N) is 1. The van der Waals surface area contributed by atoms with Crippen molar-refractivity contribution in [1.82, 2.24) is 0 Å². The number of esters is 1. The van der Waals surface area contributed by atoms with Crippen molar-refractivity contribution in [3.8, 4) is 0 Å². The summed E-state index contributed by atoms with van der Waals surface area (Å²) in [6, 6.07) is 0. The van der Waals surface area contributed by atoms with Gasteiger partial charge in [-0.3, -0.25) is 4.79 Å². The zero-order valence-electron chi connectivity index (χ0n) is 8.39. The van der Waals surface area contributed by atoms with E-state index >= 15 is 0 Å². The Labute approximate surface area is 74.3 Å². The molecule has 12 heavy (non-hydrogen) atoms. The summed E-state index contributed by atoms with van der Waals surface area (Å²) in [5, 5.41) is 0. The number of rotatable bonds is 4. The van der Waals surface area contributed by atoms with E-state index in [9.17, 15) is 4.79 Å². The first kappa shape index (κ1) is 11.4. The average Bonchev–Trinajstić information content (AvgIpc) is 1.97. The summed E-state index contributed by atoms with van der Waals surface area (Å²) in [6.45, 7) is 7.86. The van der Waals surface area contributed by atoms with Crippen molar-refractivity contribution >= 4 is 5.97 Å². The number of carbonyl (C=O) groups is 1. The van der Waals surface area contributed by atoms with E-state index in [1.54, 1.807) is 13.8 Å². The van der Waals surface area contributed by atoms with Crippen LogP contribution in [0.5, 0.6) is 0 Å². The van der Waals surface area contributed by atoms with Crippen molar-refractivity contribution < 1.29 is 9.53 Å². The van der Waals surface area contributed by atoms with E-state index in [1.165, 1.54) is 0 Å². The number of hydrogen-bond acceptors (Lipinski definition) is 3. The molecule has 0 radical (unpaired) electrons. The molecule has 0 aromatic carbocycles. The van der Waals surface area contributed by atoms with Gasteiger partial charge in [0.1, 0.15) is 5.54 Å². The SMILES string of the molecule is CCC(C)COC(=O)C(C)(C)N. The van der Waals surface area contributed by atoms with Crippen LogP contribution in [0.15, 0.2) is 0 Å². The Hall–Kier alpha value is -0.570. The Balaban J connectivity index is 3.73. The Bertz CT molecular complexity index is 149.